The lowest BCUT2D eigenvalue weighted by Gasteiger charge is -2.18. The molecule has 1 aromatic rings. The number of halogens is 1. The number of benzene rings is 1. The summed E-state index contributed by atoms with van der Waals surface area (Å²) in [5, 5.41) is 0.451. The third-order valence-electron chi connectivity index (χ3n) is 3.88. The Bertz CT molecular complexity index is 710. The van der Waals surface area contributed by atoms with Crippen LogP contribution in [0, 0.1) is 0 Å². The van der Waals surface area contributed by atoms with E-state index in [1.807, 2.05) is 0 Å². The quantitative estimate of drug-likeness (QED) is 0.701. The highest BCUT2D eigenvalue weighted by atomic mass is 35.5. The van der Waals surface area contributed by atoms with E-state index in [2.05, 4.69) is 4.72 Å². The number of sulfonamides is 1. The monoisotopic (exact) mass is 376 g/mol. The number of nitrogens with one attached hydrogen (secondary N) is 1. The lowest BCUT2D eigenvalue weighted by Crippen LogP contribution is -2.44. The average molecular weight is 377 g/mol. The average Bonchev–Trinajstić information content (AvgIpc) is 3.08. The zero-order valence-corrected chi connectivity index (χ0v) is 14.1. The molecule has 2 aliphatic heterocycles. The van der Waals surface area contributed by atoms with Crippen LogP contribution in [-0.4, -0.2) is 58.5 Å². The minimum Gasteiger partial charge on any atom is -0.371 e. The number of hydrogen-bond donors (Lipinski definition) is 2. The van der Waals surface area contributed by atoms with Crippen LogP contribution in [0.15, 0.2) is 29.2 Å². The highest BCUT2D eigenvalue weighted by Crippen LogP contribution is 2.29. The van der Waals surface area contributed by atoms with Gasteiger partial charge in [-0.1, -0.05) is 11.6 Å². The molecule has 0 spiro atoms. The molecule has 3 rings (SSSR count). The summed E-state index contributed by atoms with van der Waals surface area (Å²) in [5.74, 6) is -0.587. The molecular formula is C14H17ClN2O6S. The molecular weight excluding hydrogens is 360 g/mol. The molecule has 10 heteroatoms. The van der Waals surface area contributed by atoms with Gasteiger partial charge in [-0.25, -0.2) is 13.1 Å². The van der Waals surface area contributed by atoms with Crippen molar-refractivity contribution in [3.8, 4) is 0 Å². The van der Waals surface area contributed by atoms with E-state index in [9.17, 15) is 13.2 Å². The Hall–Kier alpha value is -1.23. The normalized spacial score (nSPS) is 29.5. The molecule has 4 unspecified atom stereocenters. The topological polar surface area (TPSA) is 117 Å². The molecule has 8 nitrogen and oxygen atoms in total. The van der Waals surface area contributed by atoms with Gasteiger partial charge in [-0.15, -0.1) is 0 Å². The van der Waals surface area contributed by atoms with Gasteiger partial charge in [-0.3, -0.25) is 4.79 Å². The highest BCUT2D eigenvalue weighted by molar-refractivity contribution is 7.89. The first kappa shape index (κ1) is 17.6. The minimum atomic E-state index is -3.73. The SMILES string of the molecule is NC(=O)COC1COC2C(NS(=O)(=O)c3ccc(Cl)cc3)COC12. The van der Waals surface area contributed by atoms with Crippen LogP contribution in [0.4, 0.5) is 0 Å². The molecule has 24 heavy (non-hydrogen) atoms. The Balaban J connectivity index is 1.65. The summed E-state index contributed by atoms with van der Waals surface area (Å²) in [7, 11) is -3.73. The van der Waals surface area contributed by atoms with Gasteiger partial charge in [-0.2, -0.15) is 0 Å². The molecule has 0 aromatic heterocycles. The number of hydrogen-bond acceptors (Lipinski definition) is 6. The first-order valence-corrected chi connectivity index (χ1v) is 9.14. The van der Waals surface area contributed by atoms with E-state index in [4.69, 9.17) is 31.5 Å². The number of nitrogens with two attached hydrogens (primary N) is 1. The zero-order valence-electron chi connectivity index (χ0n) is 12.6. The van der Waals surface area contributed by atoms with E-state index >= 15 is 0 Å². The molecule has 4 atom stereocenters. The second kappa shape index (κ2) is 6.95. The number of carbonyl (C=O) groups is 1. The fraction of sp³-hybridized carbons (Fsp3) is 0.500. The van der Waals surface area contributed by atoms with Crippen LogP contribution < -0.4 is 10.5 Å². The van der Waals surface area contributed by atoms with E-state index < -0.39 is 40.3 Å². The van der Waals surface area contributed by atoms with Gasteiger partial charge in [0.15, 0.2) is 0 Å². The van der Waals surface area contributed by atoms with Gasteiger partial charge < -0.3 is 19.9 Å². The molecule has 132 valence electrons. The van der Waals surface area contributed by atoms with E-state index in [-0.39, 0.29) is 24.7 Å². The predicted molar refractivity (Wildman–Crippen MR) is 84.0 cm³/mol. The number of rotatable bonds is 6. The summed E-state index contributed by atoms with van der Waals surface area (Å²) in [6.07, 6.45) is -1.38. The maximum Gasteiger partial charge on any atom is 0.243 e. The van der Waals surface area contributed by atoms with Gasteiger partial charge >= 0.3 is 0 Å². The molecule has 1 amide bonds. The first-order chi connectivity index (χ1) is 11.4. The standard InChI is InChI=1S/C14H17ClN2O6S/c15-8-1-3-9(4-2-8)24(19,20)17-10-5-22-14-11(6-23-13(10)14)21-7-12(16)18/h1-4,10-11,13-14,17H,5-7H2,(H2,16,18). The number of amides is 1. The van der Waals surface area contributed by atoms with Crippen LogP contribution in [0.2, 0.25) is 5.02 Å². The summed E-state index contributed by atoms with van der Waals surface area (Å²) < 4.78 is 43.9. The van der Waals surface area contributed by atoms with Gasteiger partial charge in [0.1, 0.15) is 24.9 Å². The number of ether oxygens (including phenoxy) is 3. The van der Waals surface area contributed by atoms with Crippen molar-refractivity contribution >= 4 is 27.5 Å². The predicted octanol–water partition coefficient (Wildman–Crippen LogP) is -0.345. The number of carbonyl (C=O) groups excluding carboxylic acids is 1. The molecule has 3 N–H and O–H groups in total. The van der Waals surface area contributed by atoms with Crippen molar-refractivity contribution in [1.29, 1.82) is 0 Å². The van der Waals surface area contributed by atoms with Crippen LogP contribution in [0.1, 0.15) is 0 Å². The van der Waals surface area contributed by atoms with Crippen molar-refractivity contribution in [2.45, 2.75) is 29.2 Å². The van der Waals surface area contributed by atoms with E-state index in [1.165, 1.54) is 24.3 Å². The second-order valence-electron chi connectivity index (χ2n) is 5.59. The molecule has 2 fully saturated rings. The van der Waals surface area contributed by atoms with E-state index in [0.717, 1.165) is 0 Å². The Labute approximate surface area is 144 Å². The van der Waals surface area contributed by atoms with Crippen molar-refractivity contribution in [2.24, 2.45) is 5.73 Å². The van der Waals surface area contributed by atoms with Gasteiger partial charge in [0.2, 0.25) is 15.9 Å². The third kappa shape index (κ3) is 3.71. The van der Waals surface area contributed by atoms with Crippen molar-refractivity contribution in [1.82, 2.24) is 4.72 Å². The maximum atomic E-state index is 12.4. The highest BCUT2D eigenvalue weighted by Gasteiger charge is 2.49. The molecule has 0 radical (unpaired) electrons. The molecule has 2 saturated heterocycles. The Morgan fingerprint density at radius 3 is 2.58 bits per heavy atom. The van der Waals surface area contributed by atoms with Crippen LogP contribution >= 0.6 is 11.6 Å². The van der Waals surface area contributed by atoms with Gasteiger partial charge in [0.25, 0.3) is 0 Å². The summed E-state index contributed by atoms with van der Waals surface area (Å²) in [6.45, 7) is 0.127. The van der Waals surface area contributed by atoms with Crippen molar-refractivity contribution in [2.75, 3.05) is 19.8 Å². The summed E-state index contributed by atoms with van der Waals surface area (Å²) in [4.78, 5) is 10.9. The fourth-order valence-corrected chi connectivity index (χ4v) is 4.14. The van der Waals surface area contributed by atoms with Crippen LogP contribution in [-0.2, 0) is 29.0 Å². The Morgan fingerprint density at radius 2 is 1.92 bits per heavy atom. The third-order valence-corrected chi connectivity index (χ3v) is 5.64. The van der Waals surface area contributed by atoms with Crippen LogP contribution in [0.3, 0.4) is 0 Å². The van der Waals surface area contributed by atoms with Gasteiger partial charge in [0.05, 0.1) is 24.2 Å². The van der Waals surface area contributed by atoms with Gasteiger partial charge in [0, 0.05) is 5.02 Å². The van der Waals surface area contributed by atoms with Crippen molar-refractivity contribution in [3.05, 3.63) is 29.3 Å². The summed E-state index contributed by atoms with van der Waals surface area (Å²) in [6, 6.07) is 5.31. The molecule has 0 aliphatic carbocycles. The van der Waals surface area contributed by atoms with E-state index in [1.54, 1.807) is 0 Å². The zero-order chi connectivity index (χ0) is 17.3. The molecule has 0 saturated carbocycles. The van der Waals surface area contributed by atoms with Crippen LogP contribution in [0.25, 0.3) is 0 Å². The Kier molecular flexibility index (Phi) is 5.09. The maximum absolute atomic E-state index is 12.4. The number of fused-ring (bicyclic) bond motifs is 1. The fourth-order valence-electron chi connectivity index (χ4n) is 2.78. The largest absolute Gasteiger partial charge is 0.371 e. The second-order valence-corrected chi connectivity index (χ2v) is 7.74. The molecule has 2 aliphatic rings. The van der Waals surface area contributed by atoms with Crippen LogP contribution in [0.5, 0.6) is 0 Å². The first-order valence-electron chi connectivity index (χ1n) is 7.28. The molecule has 1 aromatic carbocycles. The molecule has 2 heterocycles. The smallest absolute Gasteiger partial charge is 0.243 e. The van der Waals surface area contributed by atoms with Gasteiger partial charge in [-0.05, 0) is 24.3 Å². The van der Waals surface area contributed by atoms with Crippen molar-refractivity contribution in [3.63, 3.8) is 0 Å². The minimum absolute atomic E-state index is 0.106. The van der Waals surface area contributed by atoms with E-state index in [0.29, 0.717) is 5.02 Å². The lowest BCUT2D eigenvalue weighted by atomic mass is 10.1. The Morgan fingerprint density at radius 1 is 1.25 bits per heavy atom. The molecule has 0 bridgehead atoms. The summed E-state index contributed by atoms with van der Waals surface area (Å²) in [5.41, 5.74) is 5.05. The number of primary amides is 1. The van der Waals surface area contributed by atoms with Crippen molar-refractivity contribution < 1.29 is 27.4 Å². The summed E-state index contributed by atoms with van der Waals surface area (Å²) >= 11 is 5.77. The lowest BCUT2D eigenvalue weighted by molar-refractivity contribution is -0.126.